The van der Waals surface area contributed by atoms with E-state index in [0.717, 1.165) is 16.7 Å². The highest BCUT2D eigenvalue weighted by atomic mass is 16.3. The van der Waals surface area contributed by atoms with Gasteiger partial charge in [-0.1, -0.05) is 55.5 Å². The van der Waals surface area contributed by atoms with Crippen LogP contribution < -0.4 is 0 Å². The van der Waals surface area contributed by atoms with E-state index in [1.807, 2.05) is 55.5 Å². The Bertz CT molecular complexity index is 557. The van der Waals surface area contributed by atoms with Crippen LogP contribution in [-0.2, 0) is 6.42 Å². The zero-order valence-corrected chi connectivity index (χ0v) is 10.3. The first-order chi connectivity index (χ1) is 8.72. The van der Waals surface area contributed by atoms with Crippen LogP contribution in [-0.4, -0.2) is 10.2 Å². The first-order valence-electron chi connectivity index (χ1n) is 5.99. The predicted molar refractivity (Wildman–Crippen MR) is 74.5 cm³/mol. The Morgan fingerprint density at radius 2 is 1.67 bits per heavy atom. The van der Waals surface area contributed by atoms with Crippen LogP contribution in [0, 0.1) is 0 Å². The lowest BCUT2D eigenvalue weighted by Gasteiger charge is -2.07. The third kappa shape index (κ3) is 2.54. The van der Waals surface area contributed by atoms with Crippen molar-refractivity contribution < 1.29 is 10.2 Å². The van der Waals surface area contributed by atoms with Crippen molar-refractivity contribution in [3.05, 3.63) is 59.2 Å². The molecule has 0 aliphatic carbocycles. The number of hydrogen-bond donors (Lipinski definition) is 2. The van der Waals surface area contributed by atoms with Gasteiger partial charge in [-0.3, -0.25) is 0 Å². The predicted octanol–water partition coefficient (Wildman–Crippen LogP) is 3.83. The normalized spacial score (nSPS) is 10.9. The second-order valence-electron chi connectivity index (χ2n) is 4.10. The maximum Gasteiger partial charge on any atom is 0.161 e. The first kappa shape index (κ1) is 12.2. The molecular formula is C16H16O2. The minimum Gasteiger partial charge on any atom is -0.504 e. The average Bonchev–Trinajstić information content (AvgIpc) is 2.41. The van der Waals surface area contributed by atoms with Gasteiger partial charge in [0.1, 0.15) is 0 Å². The standard InChI is InChI=1S/C16H16O2/c1-2-14-13(10-11-15(17)16(14)18)9-8-12-6-4-3-5-7-12/h3-11,17-18H,2H2,1H3/b9-8+. The van der Waals surface area contributed by atoms with Gasteiger partial charge in [-0.15, -0.1) is 0 Å². The molecule has 0 aliphatic rings. The largest absolute Gasteiger partial charge is 0.504 e. The van der Waals surface area contributed by atoms with E-state index in [4.69, 9.17) is 0 Å². The van der Waals surface area contributed by atoms with Crippen LogP contribution in [0.4, 0.5) is 0 Å². The molecule has 0 atom stereocenters. The van der Waals surface area contributed by atoms with Gasteiger partial charge in [0.15, 0.2) is 11.5 Å². The highest BCUT2D eigenvalue weighted by molar-refractivity contribution is 5.73. The molecule has 92 valence electrons. The van der Waals surface area contributed by atoms with Gasteiger partial charge in [0.05, 0.1) is 0 Å². The Morgan fingerprint density at radius 1 is 0.944 bits per heavy atom. The molecule has 2 N–H and O–H groups in total. The van der Waals surface area contributed by atoms with Crippen LogP contribution in [0.25, 0.3) is 12.2 Å². The Kier molecular flexibility index (Phi) is 3.68. The van der Waals surface area contributed by atoms with Crippen molar-refractivity contribution in [2.45, 2.75) is 13.3 Å². The van der Waals surface area contributed by atoms with E-state index >= 15 is 0 Å². The fourth-order valence-corrected chi connectivity index (χ4v) is 1.92. The number of phenols is 2. The Labute approximate surface area is 107 Å². The van der Waals surface area contributed by atoms with E-state index in [-0.39, 0.29) is 11.5 Å². The van der Waals surface area contributed by atoms with Gasteiger partial charge in [0.2, 0.25) is 0 Å². The van der Waals surface area contributed by atoms with Crippen molar-refractivity contribution in [3.63, 3.8) is 0 Å². The molecule has 0 fully saturated rings. The summed E-state index contributed by atoms with van der Waals surface area (Å²) in [5.74, 6) is -0.0866. The van der Waals surface area contributed by atoms with Crippen LogP contribution in [0.3, 0.4) is 0 Å². The SMILES string of the molecule is CCc1c(/C=C/c2ccccc2)ccc(O)c1O. The second-order valence-corrected chi connectivity index (χ2v) is 4.10. The zero-order chi connectivity index (χ0) is 13.0. The van der Waals surface area contributed by atoms with Gasteiger partial charge in [-0.2, -0.15) is 0 Å². The van der Waals surface area contributed by atoms with Gasteiger partial charge in [0.25, 0.3) is 0 Å². The molecule has 0 aromatic heterocycles. The fraction of sp³-hybridized carbons (Fsp3) is 0.125. The Hall–Kier alpha value is -2.22. The van der Waals surface area contributed by atoms with Crippen LogP contribution in [0.1, 0.15) is 23.6 Å². The average molecular weight is 240 g/mol. The summed E-state index contributed by atoms with van der Waals surface area (Å²) in [6.07, 6.45) is 4.62. The minimum atomic E-state index is -0.0660. The number of benzene rings is 2. The molecule has 2 aromatic carbocycles. The molecule has 0 aliphatic heterocycles. The number of rotatable bonds is 3. The lowest BCUT2D eigenvalue weighted by atomic mass is 10.0. The third-order valence-corrected chi connectivity index (χ3v) is 2.91. The first-order valence-corrected chi connectivity index (χ1v) is 5.99. The van der Waals surface area contributed by atoms with Crippen molar-refractivity contribution in [1.29, 1.82) is 0 Å². The molecule has 0 saturated carbocycles. The van der Waals surface area contributed by atoms with Crippen molar-refractivity contribution in [2.75, 3.05) is 0 Å². The molecule has 0 unspecified atom stereocenters. The van der Waals surface area contributed by atoms with E-state index in [1.54, 1.807) is 0 Å². The summed E-state index contributed by atoms with van der Waals surface area (Å²) >= 11 is 0. The van der Waals surface area contributed by atoms with Gasteiger partial charge < -0.3 is 10.2 Å². The van der Waals surface area contributed by atoms with Crippen molar-refractivity contribution >= 4 is 12.2 Å². The summed E-state index contributed by atoms with van der Waals surface area (Å²) in [5, 5.41) is 19.3. The smallest absolute Gasteiger partial charge is 0.161 e. The summed E-state index contributed by atoms with van der Waals surface area (Å²) < 4.78 is 0. The summed E-state index contributed by atoms with van der Waals surface area (Å²) in [6.45, 7) is 1.95. The lowest BCUT2D eigenvalue weighted by molar-refractivity contribution is 0.399. The molecule has 2 rings (SSSR count). The van der Waals surface area contributed by atoms with Crippen LogP contribution in [0.15, 0.2) is 42.5 Å². The minimum absolute atomic E-state index is 0.0206. The fourth-order valence-electron chi connectivity index (χ4n) is 1.92. The molecule has 0 amide bonds. The van der Waals surface area contributed by atoms with Crippen molar-refractivity contribution in [2.24, 2.45) is 0 Å². The summed E-state index contributed by atoms with van der Waals surface area (Å²) in [6, 6.07) is 13.3. The van der Waals surface area contributed by atoms with Crippen molar-refractivity contribution in [3.8, 4) is 11.5 Å². The van der Waals surface area contributed by atoms with Gasteiger partial charge in [-0.25, -0.2) is 0 Å². The number of phenolic OH excluding ortho intramolecular Hbond substituents is 2. The van der Waals surface area contributed by atoms with Gasteiger partial charge in [0, 0.05) is 5.56 Å². The summed E-state index contributed by atoms with van der Waals surface area (Å²) in [7, 11) is 0. The van der Waals surface area contributed by atoms with E-state index in [2.05, 4.69) is 0 Å². The monoisotopic (exact) mass is 240 g/mol. The highest BCUT2D eigenvalue weighted by Crippen LogP contribution is 2.32. The van der Waals surface area contributed by atoms with E-state index in [1.165, 1.54) is 6.07 Å². The molecule has 2 nitrogen and oxygen atoms in total. The van der Waals surface area contributed by atoms with Crippen LogP contribution >= 0.6 is 0 Å². The Morgan fingerprint density at radius 3 is 2.33 bits per heavy atom. The van der Waals surface area contributed by atoms with E-state index < -0.39 is 0 Å². The number of hydrogen-bond acceptors (Lipinski definition) is 2. The topological polar surface area (TPSA) is 40.5 Å². The maximum absolute atomic E-state index is 9.79. The van der Waals surface area contributed by atoms with E-state index in [9.17, 15) is 10.2 Å². The van der Waals surface area contributed by atoms with Gasteiger partial charge >= 0.3 is 0 Å². The molecule has 0 spiro atoms. The quantitative estimate of drug-likeness (QED) is 0.632. The summed E-state index contributed by atoms with van der Waals surface area (Å²) in [4.78, 5) is 0. The molecule has 0 heterocycles. The van der Waals surface area contributed by atoms with Crippen molar-refractivity contribution in [1.82, 2.24) is 0 Å². The van der Waals surface area contributed by atoms with Gasteiger partial charge in [-0.05, 0) is 23.6 Å². The lowest BCUT2D eigenvalue weighted by Crippen LogP contribution is -1.87. The maximum atomic E-state index is 9.79. The van der Waals surface area contributed by atoms with E-state index in [0.29, 0.717) is 6.42 Å². The molecular weight excluding hydrogens is 224 g/mol. The molecule has 18 heavy (non-hydrogen) atoms. The Balaban J connectivity index is 2.35. The third-order valence-electron chi connectivity index (χ3n) is 2.91. The number of aromatic hydroxyl groups is 2. The molecule has 2 heteroatoms. The van der Waals surface area contributed by atoms with Crippen LogP contribution in [0.5, 0.6) is 11.5 Å². The molecule has 0 saturated heterocycles. The zero-order valence-electron chi connectivity index (χ0n) is 10.3. The molecule has 2 aromatic rings. The second kappa shape index (κ2) is 5.41. The summed E-state index contributed by atoms with van der Waals surface area (Å²) in [5.41, 5.74) is 2.80. The molecule has 0 bridgehead atoms. The molecule has 0 radical (unpaired) electrons. The van der Waals surface area contributed by atoms with Crippen LogP contribution in [0.2, 0.25) is 0 Å². The highest BCUT2D eigenvalue weighted by Gasteiger charge is 2.08.